The van der Waals surface area contributed by atoms with Crippen molar-refractivity contribution in [3.63, 3.8) is 0 Å². The zero-order valence-electron chi connectivity index (χ0n) is 13.9. The molecule has 138 valence electrons. The van der Waals surface area contributed by atoms with Crippen LogP contribution < -0.4 is 0 Å². The van der Waals surface area contributed by atoms with Crippen LogP contribution in [0.3, 0.4) is 0 Å². The molecule has 0 saturated heterocycles. The average Bonchev–Trinajstić information content (AvgIpc) is 2.75. The Bertz CT molecular complexity index is 1020. The fourth-order valence-corrected chi connectivity index (χ4v) is 2.83. The molecule has 0 saturated carbocycles. The zero-order chi connectivity index (χ0) is 19.6. The first-order valence-electron chi connectivity index (χ1n) is 7.62. The first-order valence-corrected chi connectivity index (χ1v) is 8.00. The Kier molecular flexibility index (Phi) is 5.13. The smallest absolute Gasteiger partial charge is 0.437 e. The van der Waals surface area contributed by atoms with Crippen molar-refractivity contribution in [1.29, 1.82) is 0 Å². The summed E-state index contributed by atoms with van der Waals surface area (Å²) < 4.78 is 14.8. The summed E-state index contributed by atoms with van der Waals surface area (Å²) in [6.45, 7) is -0.529. The Labute approximate surface area is 157 Å². The van der Waals surface area contributed by atoms with Gasteiger partial charge in [-0.1, -0.05) is 23.7 Å². The lowest BCUT2D eigenvalue weighted by atomic mass is 10.00. The van der Waals surface area contributed by atoms with Gasteiger partial charge >= 0.3 is 5.84 Å². The third-order valence-electron chi connectivity index (χ3n) is 3.75. The molecule has 0 bridgehead atoms. The van der Waals surface area contributed by atoms with Gasteiger partial charge in [0.2, 0.25) is 18.0 Å². The number of nitro groups is 1. The third-order valence-corrected chi connectivity index (χ3v) is 3.98. The number of amidine groups is 1. The van der Waals surface area contributed by atoms with Crippen LogP contribution in [0.15, 0.2) is 52.6 Å². The number of oxime groups is 1. The van der Waals surface area contributed by atoms with E-state index in [1.807, 2.05) is 0 Å². The van der Waals surface area contributed by atoms with Crippen LogP contribution in [0.2, 0.25) is 5.02 Å². The minimum absolute atomic E-state index is 0.0267. The van der Waals surface area contributed by atoms with Gasteiger partial charge in [-0.2, -0.15) is 4.74 Å². The quantitative estimate of drug-likeness (QED) is 0.200. The normalized spacial score (nSPS) is 14.3. The number of benzene rings is 2. The third kappa shape index (κ3) is 3.63. The van der Waals surface area contributed by atoms with Gasteiger partial charge in [-0.05, 0) is 35.3 Å². The van der Waals surface area contributed by atoms with Crippen molar-refractivity contribution < 1.29 is 18.9 Å². The maximum absolute atomic E-state index is 14.4. The number of aliphatic imine (C=N–C) groups is 1. The van der Waals surface area contributed by atoms with E-state index < -0.39 is 23.1 Å². The van der Waals surface area contributed by atoms with E-state index in [0.717, 1.165) is 7.11 Å². The van der Waals surface area contributed by atoms with Gasteiger partial charge in [0.1, 0.15) is 12.9 Å². The molecule has 0 unspecified atom stereocenters. The monoisotopic (exact) mass is 390 g/mol. The van der Waals surface area contributed by atoms with Gasteiger partial charge in [0.25, 0.3) is 0 Å². The van der Waals surface area contributed by atoms with Gasteiger partial charge in [-0.3, -0.25) is 0 Å². The van der Waals surface area contributed by atoms with Crippen molar-refractivity contribution in [3.8, 4) is 0 Å². The maximum Gasteiger partial charge on any atom is 0.437 e. The Balaban J connectivity index is 2.29. The number of hydrogen-bond donors (Lipinski definition) is 0. The lowest BCUT2D eigenvalue weighted by molar-refractivity contribution is -0.439. The molecule has 2 aromatic carbocycles. The number of halogens is 2. The van der Waals surface area contributed by atoms with Crippen molar-refractivity contribution in [2.75, 3.05) is 13.7 Å². The number of rotatable bonds is 3. The van der Waals surface area contributed by atoms with E-state index in [1.54, 1.807) is 6.07 Å². The fraction of sp³-hybridized carbons (Fsp3) is 0.118. The predicted octanol–water partition coefficient (Wildman–Crippen LogP) is 3.15. The molecule has 0 radical (unpaired) electrons. The van der Waals surface area contributed by atoms with Gasteiger partial charge in [-0.25, -0.2) is 9.38 Å². The average molecular weight is 391 g/mol. The second-order valence-electron chi connectivity index (χ2n) is 5.44. The molecule has 0 atom stereocenters. The lowest BCUT2D eigenvalue weighted by Crippen LogP contribution is -2.31. The molecule has 0 N–H and O–H groups in total. The standard InChI is InChI=1S/C17H12ClFN4O4/c1-27-21-17(23(25)26)15-9-22(24)16(11-4-2-3-5-13(11)19)12-8-10(18)6-7-14(12)20-15/h2-8H,9H2,1H3. The largest absolute Gasteiger partial charge is 0.623 e. The second kappa shape index (κ2) is 7.50. The number of fused-ring (bicyclic) bond motifs is 1. The van der Waals surface area contributed by atoms with Gasteiger partial charge < -0.3 is 20.2 Å². The highest BCUT2D eigenvalue weighted by Gasteiger charge is 2.33. The number of hydrogen-bond acceptors (Lipinski definition) is 6. The molecular formula is C17H12ClFN4O4. The van der Waals surface area contributed by atoms with Crippen LogP contribution in [0.5, 0.6) is 0 Å². The summed E-state index contributed by atoms with van der Waals surface area (Å²) in [6, 6.07) is 10.2. The van der Waals surface area contributed by atoms with E-state index in [-0.39, 0.29) is 28.2 Å². The molecule has 3 rings (SSSR count). The van der Waals surface area contributed by atoms with Crippen molar-refractivity contribution in [2.24, 2.45) is 10.1 Å². The second-order valence-corrected chi connectivity index (χ2v) is 5.88. The summed E-state index contributed by atoms with van der Waals surface area (Å²) in [5, 5.41) is 27.8. The molecule has 0 aromatic heterocycles. The summed E-state index contributed by atoms with van der Waals surface area (Å²) in [4.78, 5) is 19.2. The molecule has 0 aliphatic carbocycles. The summed E-state index contributed by atoms with van der Waals surface area (Å²) in [6.07, 6.45) is 0. The van der Waals surface area contributed by atoms with Crippen LogP contribution in [-0.2, 0) is 4.84 Å². The first-order chi connectivity index (χ1) is 12.9. The molecule has 1 aliphatic heterocycles. The van der Waals surface area contributed by atoms with Gasteiger partial charge in [0.15, 0.2) is 5.16 Å². The van der Waals surface area contributed by atoms with Crippen molar-refractivity contribution >= 4 is 34.5 Å². The zero-order valence-corrected chi connectivity index (χ0v) is 14.7. The summed E-state index contributed by atoms with van der Waals surface area (Å²) >= 11 is 6.04. The Morgan fingerprint density at radius 2 is 2.07 bits per heavy atom. The fourth-order valence-electron chi connectivity index (χ4n) is 2.66. The molecular weight excluding hydrogens is 379 g/mol. The molecule has 0 spiro atoms. The van der Waals surface area contributed by atoms with Crippen LogP contribution >= 0.6 is 11.6 Å². The van der Waals surface area contributed by atoms with Crippen LogP contribution in [0.25, 0.3) is 0 Å². The van der Waals surface area contributed by atoms with E-state index >= 15 is 0 Å². The molecule has 1 aliphatic rings. The molecule has 2 aromatic rings. The molecule has 0 amide bonds. The Hall–Kier alpha value is -3.33. The topological polar surface area (TPSA) is 103 Å². The van der Waals surface area contributed by atoms with Crippen molar-refractivity contribution in [2.45, 2.75) is 0 Å². The lowest BCUT2D eigenvalue weighted by Gasteiger charge is -2.11. The van der Waals surface area contributed by atoms with E-state index in [0.29, 0.717) is 9.76 Å². The number of hydroxylamine groups is 1. The molecule has 8 nitrogen and oxygen atoms in total. The first kappa shape index (κ1) is 18.5. The van der Waals surface area contributed by atoms with Crippen molar-refractivity contribution in [3.05, 3.63) is 79.8 Å². The van der Waals surface area contributed by atoms with Crippen LogP contribution in [0.4, 0.5) is 10.1 Å². The SMILES string of the molecule is CON=C(C1=Nc2ccc(Cl)cc2C(c2ccccc2F)=[N+]([O-])C1)[N+](=O)[O-]. The van der Waals surface area contributed by atoms with Gasteiger partial charge in [0, 0.05) is 5.02 Å². The van der Waals surface area contributed by atoms with E-state index in [4.69, 9.17) is 11.6 Å². The van der Waals surface area contributed by atoms with Gasteiger partial charge in [-0.15, -0.1) is 0 Å². The van der Waals surface area contributed by atoms with E-state index in [2.05, 4.69) is 15.0 Å². The van der Waals surface area contributed by atoms with Gasteiger partial charge in [0.05, 0.1) is 16.8 Å². The molecule has 0 fully saturated rings. The Morgan fingerprint density at radius 1 is 1.33 bits per heavy atom. The van der Waals surface area contributed by atoms with Crippen molar-refractivity contribution in [1.82, 2.24) is 0 Å². The van der Waals surface area contributed by atoms with Crippen LogP contribution in [-0.4, -0.2) is 40.6 Å². The maximum atomic E-state index is 14.4. The van der Waals surface area contributed by atoms with E-state index in [1.165, 1.54) is 36.4 Å². The highest BCUT2D eigenvalue weighted by atomic mass is 35.5. The Morgan fingerprint density at radius 3 is 2.74 bits per heavy atom. The summed E-state index contributed by atoms with van der Waals surface area (Å²) in [7, 11) is 1.14. The van der Waals surface area contributed by atoms with E-state index in [9.17, 15) is 19.7 Å². The molecule has 1 heterocycles. The minimum atomic E-state index is -0.806. The summed E-state index contributed by atoms with van der Waals surface area (Å²) in [5.41, 5.74) is 0.226. The molecule has 27 heavy (non-hydrogen) atoms. The molecule has 10 heteroatoms. The van der Waals surface area contributed by atoms with Crippen LogP contribution in [0, 0.1) is 21.1 Å². The predicted molar refractivity (Wildman–Crippen MR) is 98.1 cm³/mol. The highest BCUT2D eigenvalue weighted by molar-refractivity contribution is 6.39. The minimum Gasteiger partial charge on any atom is -0.623 e. The van der Waals surface area contributed by atoms with Crippen LogP contribution in [0.1, 0.15) is 11.1 Å². The summed E-state index contributed by atoms with van der Waals surface area (Å²) in [5.74, 6) is -1.34. The number of nitrogens with zero attached hydrogens (tertiary/aromatic N) is 4. The highest BCUT2D eigenvalue weighted by Crippen LogP contribution is 2.29.